The predicted molar refractivity (Wildman–Crippen MR) is 51.3 cm³/mol. The van der Waals surface area contributed by atoms with E-state index in [1.54, 1.807) is 6.07 Å². The smallest absolute Gasteiger partial charge is 0.204 e. The molecule has 0 atom stereocenters. The molecule has 0 bridgehead atoms. The lowest BCUT2D eigenvalue weighted by Crippen LogP contribution is -1.83. The van der Waals surface area contributed by atoms with E-state index in [9.17, 15) is 0 Å². The molecule has 0 unspecified atom stereocenters. The summed E-state index contributed by atoms with van der Waals surface area (Å²) in [5.74, 6) is 0.753. The standard InChI is InChI=1S/C7H4BrClN2O2/c8-4-5(13-11-7(4)10)3-1-2-12-6(3)9/h1-2H,(H2,10,11). The average molecular weight is 263 g/mol. The van der Waals surface area contributed by atoms with Crippen LogP contribution < -0.4 is 5.73 Å². The summed E-state index contributed by atoms with van der Waals surface area (Å²) in [7, 11) is 0. The van der Waals surface area contributed by atoms with Gasteiger partial charge in [0.15, 0.2) is 11.6 Å². The highest BCUT2D eigenvalue weighted by Crippen LogP contribution is 2.36. The molecule has 0 aliphatic heterocycles. The van der Waals surface area contributed by atoms with Crippen LogP contribution >= 0.6 is 27.5 Å². The third-order valence-electron chi connectivity index (χ3n) is 1.52. The predicted octanol–water partition coefficient (Wildman–Crippen LogP) is 2.93. The maximum absolute atomic E-state index is 5.74. The fraction of sp³-hybridized carbons (Fsp3) is 0. The van der Waals surface area contributed by atoms with Crippen LogP contribution in [0, 0.1) is 0 Å². The molecule has 0 spiro atoms. The molecular formula is C7H4BrClN2O2. The van der Waals surface area contributed by atoms with Crippen molar-refractivity contribution in [3.8, 4) is 11.3 Å². The molecule has 0 saturated carbocycles. The van der Waals surface area contributed by atoms with Gasteiger partial charge in [-0.2, -0.15) is 0 Å². The summed E-state index contributed by atoms with van der Waals surface area (Å²) in [6, 6.07) is 1.67. The molecule has 0 aliphatic rings. The molecule has 2 N–H and O–H groups in total. The number of nitrogens with zero attached hydrogens (tertiary/aromatic N) is 1. The molecule has 0 saturated heterocycles. The summed E-state index contributed by atoms with van der Waals surface area (Å²) in [6.45, 7) is 0. The van der Waals surface area contributed by atoms with Gasteiger partial charge in [-0.05, 0) is 33.6 Å². The van der Waals surface area contributed by atoms with E-state index in [-0.39, 0.29) is 11.0 Å². The van der Waals surface area contributed by atoms with E-state index in [1.165, 1.54) is 6.26 Å². The quantitative estimate of drug-likeness (QED) is 0.859. The Hall–Kier alpha value is -0.940. The topological polar surface area (TPSA) is 65.2 Å². The molecule has 2 aromatic heterocycles. The van der Waals surface area contributed by atoms with Gasteiger partial charge in [-0.3, -0.25) is 0 Å². The summed E-state index contributed by atoms with van der Waals surface area (Å²) in [5.41, 5.74) is 6.09. The molecule has 13 heavy (non-hydrogen) atoms. The van der Waals surface area contributed by atoms with Crippen LogP contribution in [0.4, 0.5) is 5.82 Å². The fourth-order valence-electron chi connectivity index (χ4n) is 0.914. The maximum Gasteiger partial charge on any atom is 0.204 e. The molecule has 0 amide bonds. The van der Waals surface area contributed by atoms with E-state index in [0.29, 0.717) is 15.8 Å². The van der Waals surface area contributed by atoms with E-state index >= 15 is 0 Å². The van der Waals surface area contributed by atoms with Crippen LogP contribution in [0.5, 0.6) is 0 Å². The summed E-state index contributed by atoms with van der Waals surface area (Å²) in [4.78, 5) is 0. The van der Waals surface area contributed by atoms with Crippen molar-refractivity contribution in [1.29, 1.82) is 0 Å². The van der Waals surface area contributed by atoms with Gasteiger partial charge in [0.25, 0.3) is 0 Å². The second-order valence-electron chi connectivity index (χ2n) is 2.32. The summed E-state index contributed by atoms with van der Waals surface area (Å²) >= 11 is 8.96. The number of aromatic nitrogens is 1. The average Bonchev–Trinajstić information content (AvgIpc) is 2.62. The highest BCUT2D eigenvalue weighted by atomic mass is 79.9. The Kier molecular flexibility index (Phi) is 2.05. The Labute approximate surface area is 86.8 Å². The number of nitrogen functional groups attached to an aromatic ring is 1. The van der Waals surface area contributed by atoms with Crippen molar-refractivity contribution in [2.45, 2.75) is 0 Å². The zero-order valence-corrected chi connectivity index (χ0v) is 8.59. The lowest BCUT2D eigenvalue weighted by molar-refractivity contribution is 0.434. The monoisotopic (exact) mass is 262 g/mol. The molecule has 2 aromatic rings. The van der Waals surface area contributed by atoms with Crippen LogP contribution in [0.1, 0.15) is 0 Å². The molecule has 68 valence electrons. The van der Waals surface area contributed by atoms with Crippen molar-refractivity contribution in [1.82, 2.24) is 5.16 Å². The first kappa shape index (κ1) is 8.65. The maximum atomic E-state index is 5.74. The Balaban J connectivity index is 2.59. The van der Waals surface area contributed by atoms with Crippen molar-refractivity contribution in [2.24, 2.45) is 0 Å². The Morgan fingerprint density at radius 1 is 1.54 bits per heavy atom. The van der Waals surface area contributed by atoms with Crippen molar-refractivity contribution in [3.05, 3.63) is 22.0 Å². The van der Waals surface area contributed by atoms with Crippen molar-refractivity contribution in [2.75, 3.05) is 5.73 Å². The third-order valence-corrected chi connectivity index (χ3v) is 2.58. The Bertz CT molecular complexity index is 437. The number of rotatable bonds is 1. The first-order valence-corrected chi connectivity index (χ1v) is 4.51. The van der Waals surface area contributed by atoms with E-state index in [2.05, 4.69) is 21.1 Å². The molecule has 0 fully saturated rings. The molecule has 4 nitrogen and oxygen atoms in total. The van der Waals surface area contributed by atoms with Gasteiger partial charge in [0, 0.05) is 0 Å². The minimum atomic E-state index is 0.247. The first-order chi connectivity index (χ1) is 6.20. The minimum Gasteiger partial charge on any atom is -0.452 e. The highest BCUT2D eigenvalue weighted by Gasteiger charge is 2.17. The molecule has 0 radical (unpaired) electrons. The van der Waals surface area contributed by atoms with Crippen LogP contribution in [0.15, 0.2) is 25.7 Å². The second-order valence-corrected chi connectivity index (χ2v) is 3.46. The van der Waals surface area contributed by atoms with E-state index < -0.39 is 0 Å². The van der Waals surface area contributed by atoms with Crippen LogP contribution in [0.3, 0.4) is 0 Å². The van der Waals surface area contributed by atoms with Gasteiger partial charge in [0.2, 0.25) is 5.22 Å². The van der Waals surface area contributed by atoms with Crippen molar-refractivity contribution in [3.63, 3.8) is 0 Å². The summed E-state index contributed by atoms with van der Waals surface area (Å²) in [5, 5.41) is 3.82. The second kappa shape index (κ2) is 3.08. The van der Waals surface area contributed by atoms with E-state index in [4.69, 9.17) is 26.3 Å². The number of hydrogen-bond donors (Lipinski definition) is 1. The normalized spacial score (nSPS) is 10.6. The fourth-order valence-corrected chi connectivity index (χ4v) is 1.47. The van der Waals surface area contributed by atoms with E-state index in [0.717, 1.165) is 0 Å². The lowest BCUT2D eigenvalue weighted by Gasteiger charge is -1.90. The number of furan rings is 1. The SMILES string of the molecule is Nc1noc(-c2ccoc2Cl)c1Br. The van der Waals surface area contributed by atoms with Gasteiger partial charge < -0.3 is 14.7 Å². The van der Waals surface area contributed by atoms with Crippen LogP contribution in [-0.4, -0.2) is 5.16 Å². The summed E-state index contributed by atoms with van der Waals surface area (Å²) in [6.07, 6.45) is 1.46. The van der Waals surface area contributed by atoms with Crippen molar-refractivity contribution >= 4 is 33.3 Å². The summed E-state index contributed by atoms with van der Waals surface area (Å²) < 4.78 is 10.4. The zero-order chi connectivity index (χ0) is 9.42. The van der Waals surface area contributed by atoms with E-state index in [1.807, 2.05) is 0 Å². The molecule has 2 heterocycles. The molecule has 0 aliphatic carbocycles. The molecule has 0 aromatic carbocycles. The first-order valence-electron chi connectivity index (χ1n) is 3.34. The van der Waals surface area contributed by atoms with Gasteiger partial charge in [-0.15, -0.1) is 0 Å². The molecule has 6 heteroatoms. The minimum absolute atomic E-state index is 0.247. The van der Waals surface area contributed by atoms with Crippen LogP contribution in [0.2, 0.25) is 5.22 Å². The largest absolute Gasteiger partial charge is 0.452 e. The number of hydrogen-bond acceptors (Lipinski definition) is 4. The zero-order valence-electron chi connectivity index (χ0n) is 6.25. The number of anilines is 1. The van der Waals surface area contributed by atoms with Gasteiger partial charge in [-0.1, -0.05) is 5.16 Å². The molecule has 2 rings (SSSR count). The third kappa shape index (κ3) is 1.34. The lowest BCUT2D eigenvalue weighted by atomic mass is 10.2. The van der Waals surface area contributed by atoms with Crippen LogP contribution in [-0.2, 0) is 0 Å². The number of halogens is 2. The highest BCUT2D eigenvalue weighted by molar-refractivity contribution is 9.10. The Morgan fingerprint density at radius 2 is 2.31 bits per heavy atom. The number of nitrogens with two attached hydrogens (primary N) is 1. The van der Waals surface area contributed by atoms with Crippen LogP contribution in [0.25, 0.3) is 11.3 Å². The molecular weight excluding hydrogens is 259 g/mol. The Morgan fingerprint density at radius 3 is 2.77 bits per heavy atom. The van der Waals surface area contributed by atoms with Gasteiger partial charge in [0.1, 0.15) is 4.47 Å². The van der Waals surface area contributed by atoms with Crippen molar-refractivity contribution < 1.29 is 8.94 Å². The van der Waals surface area contributed by atoms with Gasteiger partial charge >= 0.3 is 0 Å². The van der Waals surface area contributed by atoms with Gasteiger partial charge in [0.05, 0.1) is 11.8 Å². The van der Waals surface area contributed by atoms with Gasteiger partial charge in [-0.25, -0.2) is 0 Å².